The molecule has 0 N–H and O–H groups in total. The third-order valence-electron chi connectivity index (χ3n) is 5.31. The van der Waals surface area contributed by atoms with Crippen molar-refractivity contribution in [1.29, 1.82) is 0 Å². The highest BCUT2D eigenvalue weighted by Gasteiger charge is 2.47. The van der Waals surface area contributed by atoms with Crippen molar-refractivity contribution in [2.45, 2.75) is 18.3 Å². The second kappa shape index (κ2) is 7.09. The molecule has 0 bridgehead atoms. The van der Waals surface area contributed by atoms with E-state index in [1.54, 1.807) is 43.5 Å². The van der Waals surface area contributed by atoms with Crippen molar-refractivity contribution < 1.29 is 28.7 Å². The molecule has 7 nitrogen and oxygen atoms in total. The zero-order valence-corrected chi connectivity index (χ0v) is 15.3. The first kappa shape index (κ1) is 18.2. The van der Waals surface area contributed by atoms with Gasteiger partial charge in [-0.05, 0) is 42.7 Å². The molecule has 0 atom stereocenters. The van der Waals surface area contributed by atoms with Gasteiger partial charge in [0, 0.05) is 13.2 Å². The largest absolute Gasteiger partial charge is 0.497 e. The van der Waals surface area contributed by atoms with Crippen LogP contribution in [0.2, 0.25) is 0 Å². The third-order valence-corrected chi connectivity index (χ3v) is 5.31. The molecule has 2 aliphatic heterocycles. The van der Waals surface area contributed by atoms with E-state index in [2.05, 4.69) is 0 Å². The Morgan fingerprint density at radius 2 is 1.54 bits per heavy atom. The van der Waals surface area contributed by atoms with Crippen molar-refractivity contribution in [2.24, 2.45) is 0 Å². The number of ether oxygens (including phenoxy) is 2. The Kier molecular flexibility index (Phi) is 4.60. The maximum Gasteiger partial charge on any atom is 0.343 e. The van der Waals surface area contributed by atoms with Crippen molar-refractivity contribution in [3.05, 3.63) is 65.2 Å². The molecule has 0 radical (unpaired) electrons. The zero-order valence-electron chi connectivity index (χ0n) is 15.3. The molecule has 2 amide bonds. The molecule has 2 heterocycles. The van der Waals surface area contributed by atoms with Crippen molar-refractivity contribution >= 4 is 17.8 Å². The number of rotatable bonds is 4. The van der Waals surface area contributed by atoms with Gasteiger partial charge in [0.1, 0.15) is 5.75 Å². The van der Waals surface area contributed by atoms with Gasteiger partial charge in [-0.2, -0.15) is 0 Å². The molecule has 144 valence electrons. The number of imide groups is 1. The van der Waals surface area contributed by atoms with E-state index in [9.17, 15) is 14.4 Å². The van der Waals surface area contributed by atoms with Gasteiger partial charge in [0.2, 0.25) is 0 Å². The predicted molar refractivity (Wildman–Crippen MR) is 97.8 cm³/mol. The zero-order chi connectivity index (χ0) is 19.7. The van der Waals surface area contributed by atoms with Crippen LogP contribution in [0.3, 0.4) is 0 Å². The first-order valence-electron chi connectivity index (χ1n) is 8.99. The monoisotopic (exact) mass is 381 g/mol. The minimum atomic E-state index is -1.00. The van der Waals surface area contributed by atoms with Gasteiger partial charge in [0.25, 0.3) is 11.8 Å². The summed E-state index contributed by atoms with van der Waals surface area (Å²) >= 11 is 0. The lowest BCUT2D eigenvalue weighted by Gasteiger charge is -2.35. The van der Waals surface area contributed by atoms with Gasteiger partial charge >= 0.3 is 5.97 Å². The van der Waals surface area contributed by atoms with Crippen LogP contribution in [0.1, 0.15) is 39.1 Å². The van der Waals surface area contributed by atoms with Crippen LogP contribution in [0.25, 0.3) is 0 Å². The highest BCUT2D eigenvalue weighted by atomic mass is 16.7. The fourth-order valence-electron chi connectivity index (χ4n) is 3.66. The molecule has 0 aliphatic carbocycles. The Hall–Kier alpha value is -3.19. The fraction of sp³-hybridized carbons (Fsp3) is 0.286. The average Bonchev–Trinajstić information content (AvgIpc) is 2.99. The Morgan fingerprint density at radius 1 is 0.964 bits per heavy atom. The minimum absolute atomic E-state index is 0.228. The van der Waals surface area contributed by atoms with Crippen LogP contribution in [0.15, 0.2) is 48.5 Å². The summed E-state index contributed by atoms with van der Waals surface area (Å²) in [5, 5.41) is 0.563. The quantitative estimate of drug-likeness (QED) is 0.757. The summed E-state index contributed by atoms with van der Waals surface area (Å²) in [5.41, 5.74) is 0.189. The van der Waals surface area contributed by atoms with Gasteiger partial charge in [0.15, 0.2) is 0 Å². The van der Waals surface area contributed by atoms with Crippen molar-refractivity contribution in [3.63, 3.8) is 0 Å². The highest BCUT2D eigenvalue weighted by molar-refractivity contribution is 6.21. The molecule has 0 saturated carbocycles. The molecule has 1 fully saturated rings. The van der Waals surface area contributed by atoms with Crippen LogP contribution < -0.4 is 4.74 Å². The lowest BCUT2D eigenvalue weighted by Crippen LogP contribution is -2.46. The topological polar surface area (TPSA) is 82.1 Å². The van der Waals surface area contributed by atoms with E-state index in [0.29, 0.717) is 36.9 Å². The predicted octanol–water partition coefficient (Wildman–Crippen LogP) is 2.50. The van der Waals surface area contributed by atoms with E-state index in [1.165, 1.54) is 12.1 Å². The molecule has 1 saturated heterocycles. The van der Waals surface area contributed by atoms with Crippen LogP contribution in [0.4, 0.5) is 0 Å². The number of nitrogens with zero attached hydrogens (tertiary/aromatic N) is 1. The first-order chi connectivity index (χ1) is 13.6. The van der Waals surface area contributed by atoms with Gasteiger partial charge < -0.3 is 14.3 Å². The van der Waals surface area contributed by atoms with E-state index in [4.69, 9.17) is 14.3 Å². The molecular weight excluding hydrogens is 362 g/mol. The maximum absolute atomic E-state index is 13.2. The fourth-order valence-corrected chi connectivity index (χ4v) is 3.66. The number of carbonyl (C=O) groups excluding carboxylic acids is 3. The smallest absolute Gasteiger partial charge is 0.343 e. The Balaban J connectivity index is 1.64. The number of fused-ring (bicyclic) bond motifs is 1. The van der Waals surface area contributed by atoms with E-state index >= 15 is 0 Å². The molecule has 0 unspecified atom stereocenters. The van der Waals surface area contributed by atoms with E-state index < -0.39 is 23.2 Å². The van der Waals surface area contributed by atoms with Gasteiger partial charge in [-0.25, -0.2) is 4.79 Å². The molecule has 2 aliphatic rings. The summed E-state index contributed by atoms with van der Waals surface area (Å²) in [6.07, 6.45) is 0.780. The first-order valence-corrected chi connectivity index (χ1v) is 8.99. The summed E-state index contributed by atoms with van der Waals surface area (Å²) in [5.74, 6) is -1.24. The molecule has 4 rings (SSSR count). The highest BCUT2D eigenvalue weighted by Crippen LogP contribution is 2.38. The summed E-state index contributed by atoms with van der Waals surface area (Å²) < 4.78 is 10.6. The second-order valence-electron chi connectivity index (χ2n) is 6.75. The molecule has 28 heavy (non-hydrogen) atoms. The molecule has 2 aromatic rings. The van der Waals surface area contributed by atoms with Crippen molar-refractivity contribution in [1.82, 2.24) is 5.06 Å². The summed E-state index contributed by atoms with van der Waals surface area (Å²) in [6.45, 7) is 0.756. The van der Waals surface area contributed by atoms with Crippen LogP contribution in [-0.4, -0.2) is 43.2 Å². The summed E-state index contributed by atoms with van der Waals surface area (Å²) in [4.78, 5) is 43.7. The van der Waals surface area contributed by atoms with Crippen LogP contribution in [-0.2, 0) is 19.8 Å². The Morgan fingerprint density at radius 3 is 2.07 bits per heavy atom. The number of methoxy groups -OCH3 is 1. The number of hydroxylamine groups is 2. The minimum Gasteiger partial charge on any atom is -0.497 e. The van der Waals surface area contributed by atoms with Gasteiger partial charge in [-0.15, -0.1) is 0 Å². The number of carbonyl (C=O) groups is 3. The van der Waals surface area contributed by atoms with E-state index in [0.717, 1.165) is 5.56 Å². The third kappa shape index (κ3) is 2.84. The van der Waals surface area contributed by atoms with Crippen LogP contribution in [0, 0.1) is 0 Å². The lowest BCUT2D eigenvalue weighted by molar-refractivity contribution is -0.179. The Labute approximate surface area is 161 Å². The number of amides is 2. The summed E-state index contributed by atoms with van der Waals surface area (Å²) in [7, 11) is 1.57. The molecule has 0 spiro atoms. The van der Waals surface area contributed by atoms with Gasteiger partial charge in [-0.3, -0.25) is 9.59 Å². The van der Waals surface area contributed by atoms with Gasteiger partial charge in [-0.1, -0.05) is 29.3 Å². The summed E-state index contributed by atoms with van der Waals surface area (Å²) in [6, 6.07) is 13.5. The molecule has 7 heteroatoms. The number of hydrogen-bond acceptors (Lipinski definition) is 6. The maximum atomic E-state index is 13.2. The van der Waals surface area contributed by atoms with Crippen LogP contribution in [0.5, 0.6) is 5.75 Å². The number of hydrogen-bond donors (Lipinski definition) is 0. The normalized spacial score (nSPS) is 18.0. The van der Waals surface area contributed by atoms with Crippen LogP contribution >= 0.6 is 0 Å². The lowest BCUT2D eigenvalue weighted by atomic mass is 9.74. The average molecular weight is 381 g/mol. The SMILES string of the molecule is COc1ccc(C2(C(=O)ON3C(=O)c4ccccc4C3=O)CCOCC2)cc1. The van der Waals surface area contributed by atoms with E-state index in [1.807, 2.05) is 0 Å². The van der Waals surface area contributed by atoms with Crippen molar-refractivity contribution in [3.8, 4) is 5.75 Å². The molecule has 0 aromatic heterocycles. The second-order valence-corrected chi connectivity index (χ2v) is 6.75. The molecular formula is C21H19NO6. The Bertz CT molecular complexity index is 895. The van der Waals surface area contributed by atoms with Crippen molar-refractivity contribution in [2.75, 3.05) is 20.3 Å². The number of benzene rings is 2. The van der Waals surface area contributed by atoms with Gasteiger partial charge in [0.05, 0.1) is 23.7 Å². The molecule has 2 aromatic carbocycles. The standard InChI is InChI=1S/C21H19NO6/c1-26-15-8-6-14(7-9-15)21(10-12-27-13-11-21)20(25)28-22-18(23)16-4-2-3-5-17(16)19(22)24/h2-9H,10-13H2,1H3. The van der Waals surface area contributed by atoms with E-state index in [-0.39, 0.29) is 11.1 Å².